The Balaban J connectivity index is 2.47. The largest absolute Gasteiger partial charge is 0.465 e. The molecule has 1 N–H and O–H groups in total. The predicted molar refractivity (Wildman–Crippen MR) is 99.4 cm³/mol. The Hall–Kier alpha value is -1.55. The van der Waals surface area contributed by atoms with E-state index < -0.39 is 23.0 Å². The van der Waals surface area contributed by atoms with Gasteiger partial charge in [0, 0.05) is 15.6 Å². The number of benzene rings is 1. The monoisotopic (exact) mass is 409 g/mol. The molecule has 136 valence electrons. The Bertz CT molecular complexity index is 685. The van der Waals surface area contributed by atoms with Gasteiger partial charge in [-0.1, -0.05) is 27.8 Å². The maximum atomic E-state index is 12.0. The molecule has 0 atom stereocenters. The summed E-state index contributed by atoms with van der Waals surface area (Å²) < 4.78 is 12.5. The number of halogens is 1. The Labute approximate surface area is 157 Å². The Morgan fingerprint density at radius 1 is 1.20 bits per heavy atom. The third-order valence-corrected chi connectivity index (χ3v) is 4.42. The van der Waals surface area contributed by atoms with Crippen LogP contribution in [0.15, 0.2) is 28.7 Å². The van der Waals surface area contributed by atoms with Gasteiger partial charge in [0.1, 0.15) is 0 Å². The summed E-state index contributed by atoms with van der Waals surface area (Å²) in [5.74, 6) is 5.45. The van der Waals surface area contributed by atoms with E-state index in [1.54, 1.807) is 13.8 Å². The molecule has 1 saturated heterocycles. The van der Waals surface area contributed by atoms with Crippen LogP contribution in [0.5, 0.6) is 0 Å². The van der Waals surface area contributed by atoms with Crippen molar-refractivity contribution in [3.8, 4) is 11.8 Å². The van der Waals surface area contributed by atoms with Gasteiger partial charge in [0.05, 0.1) is 13.2 Å². The van der Waals surface area contributed by atoms with Crippen LogP contribution in [-0.4, -0.2) is 46.2 Å². The van der Waals surface area contributed by atoms with Gasteiger partial charge in [0.15, 0.2) is 11.3 Å². The van der Waals surface area contributed by atoms with Gasteiger partial charge in [-0.05, 0) is 58.9 Å². The molecule has 1 aliphatic rings. The Morgan fingerprint density at radius 3 is 2.16 bits per heavy atom. The Morgan fingerprint density at radius 2 is 1.72 bits per heavy atom. The minimum Gasteiger partial charge on any atom is -0.465 e. The smallest absolute Gasteiger partial charge is 0.409 e. The molecule has 1 aliphatic heterocycles. The van der Waals surface area contributed by atoms with Crippen molar-refractivity contribution in [1.29, 1.82) is 0 Å². The highest BCUT2D eigenvalue weighted by Gasteiger charge is 2.49. The fourth-order valence-electron chi connectivity index (χ4n) is 2.76. The molecule has 0 radical (unpaired) electrons. The second-order valence-electron chi connectivity index (χ2n) is 7.55. The van der Waals surface area contributed by atoms with E-state index in [-0.39, 0.29) is 13.2 Å². The number of rotatable bonds is 1. The highest BCUT2D eigenvalue weighted by molar-refractivity contribution is 9.10. The second kappa shape index (κ2) is 6.99. The van der Waals surface area contributed by atoms with E-state index in [9.17, 15) is 9.90 Å². The van der Waals surface area contributed by atoms with Crippen LogP contribution >= 0.6 is 15.9 Å². The molecule has 0 unspecified atom stereocenters. The molecule has 6 heteroatoms. The van der Waals surface area contributed by atoms with E-state index in [4.69, 9.17) is 9.47 Å². The molecule has 25 heavy (non-hydrogen) atoms. The molecule has 1 aromatic rings. The summed E-state index contributed by atoms with van der Waals surface area (Å²) in [5, 5.41) is 9.83. The van der Waals surface area contributed by atoms with Crippen molar-refractivity contribution in [3.63, 3.8) is 0 Å². The quantitative estimate of drug-likeness (QED) is 0.709. The van der Waals surface area contributed by atoms with Crippen molar-refractivity contribution in [2.45, 2.75) is 51.5 Å². The molecule has 2 rings (SSSR count). The van der Waals surface area contributed by atoms with Crippen LogP contribution in [0.1, 0.15) is 40.2 Å². The van der Waals surface area contributed by atoms with Crippen LogP contribution in [0.3, 0.4) is 0 Å². The number of nitrogens with zero attached hydrogens (tertiary/aromatic N) is 1. The highest BCUT2D eigenvalue weighted by atomic mass is 79.9. The summed E-state index contributed by atoms with van der Waals surface area (Å²) in [6.07, 6.45) is -1.05. The van der Waals surface area contributed by atoms with Gasteiger partial charge < -0.3 is 14.6 Å². The number of amides is 1. The highest BCUT2D eigenvalue weighted by Crippen LogP contribution is 2.33. The fraction of sp³-hybridized carbons (Fsp3) is 0.526. The van der Waals surface area contributed by atoms with Crippen LogP contribution in [0.2, 0.25) is 0 Å². The van der Waals surface area contributed by atoms with Crippen molar-refractivity contribution >= 4 is 22.0 Å². The first-order valence-corrected chi connectivity index (χ1v) is 8.84. The maximum absolute atomic E-state index is 12.0. The topological polar surface area (TPSA) is 59.0 Å². The van der Waals surface area contributed by atoms with Gasteiger partial charge in [-0.2, -0.15) is 0 Å². The zero-order valence-electron chi connectivity index (χ0n) is 15.2. The molecular weight excluding hydrogens is 386 g/mol. The van der Waals surface area contributed by atoms with Crippen molar-refractivity contribution in [2.75, 3.05) is 13.2 Å². The fourth-order valence-corrected chi connectivity index (χ4v) is 3.03. The lowest BCUT2D eigenvalue weighted by Gasteiger charge is -2.50. The summed E-state index contributed by atoms with van der Waals surface area (Å²) in [7, 11) is 0. The van der Waals surface area contributed by atoms with E-state index in [1.807, 2.05) is 45.0 Å². The second-order valence-corrected chi connectivity index (χ2v) is 8.47. The summed E-state index contributed by atoms with van der Waals surface area (Å²) >= 11 is 3.39. The van der Waals surface area contributed by atoms with Crippen molar-refractivity contribution in [1.82, 2.24) is 4.90 Å². The Kier molecular flexibility index (Phi) is 5.53. The third-order valence-electron chi connectivity index (χ3n) is 3.89. The molecule has 1 amide bonds. The SMILES string of the molecule is CC1(C)OCC(C#Cc2ccc(Br)cc2)(N(C(=O)O)C(C)(C)C)CO1. The lowest BCUT2D eigenvalue weighted by Crippen LogP contribution is -2.66. The predicted octanol–water partition coefficient (Wildman–Crippen LogP) is 4.10. The van der Waals surface area contributed by atoms with E-state index >= 15 is 0 Å². The molecule has 5 nitrogen and oxygen atoms in total. The van der Waals surface area contributed by atoms with Gasteiger partial charge in [-0.25, -0.2) is 4.79 Å². The summed E-state index contributed by atoms with van der Waals surface area (Å²) in [6.45, 7) is 9.42. The van der Waals surface area contributed by atoms with Crippen molar-refractivity contribution in [3.05, 3.63) is 34.3 Å². The number of ether oxygens (including phenoxy) is 2. The molecule has 0 saturated carbocycles. The van der Waals surface area contributed by atoms with Gasteiger partial charge in [-0.3, -0.25) is 4.90 Å². The maximum Gasteiger partial charge on any atom is 0.409 e. The first-order valence-electron chi connectivity index (χ1n) is 8.05. The third kappa shape index (κ3) is 4.75. The molecular formula is C19H24BrNO4. The number of hydrogen-bond donors (Lipinski definition) is 1. The standard InChI is InChI=1S/C19H24BrNO4/c1-17(2,3)21(16(22)23)19(12-24-18(4,5)25-13-19)11-10-14-6-8-15(20)9-7-14/h6-9H,12-13H2,1-5H3,(H,22,23). The zero-order valence-corrected chi connectivity index (χ0v) is 16.8. The van der Waals surface area contributed by atoms with Crippen LogP contribution < -0.4 is 0 Å². The molecule has 0 bridgehead atoms. The average Bonchev–Trinajstić information content (AvgIpc) is 2.48. The summed E-state index contributed by atoms with van der Waals surface area (Å²) in [4.78, 5) is 13.3. The number of carbonyl (C=O) groups is 1. The normalized spacial score (nSPS) is 18.8. The molecule has 1 aromatic carbocycles. The lowest BCUT2D eigenvalue weighted by atomic mass is 9.91. The van der Waals surface area contributed by atoms with Gasteiger partial charge in [-0.15, -0.1) is 0 Å². The van der Waals surface area contributed by atoms with Gasteiger partial charge >= 0.3 is 6.09 Å². The molecule has 0 spiro atoms. The molecule has 1 fully saturated rings. The number of hydrogen-bond acceptors (Lipinski definition) is 3. The van der Waals surface area contributed by atoms with E-state index in [2.05, 4.69) is 27.8 Å². The van der Waals surface area contributed by atoms with Crippen LogP contribution in [0, 0.1) is 11.8 Å². The molecule has 0 aliphatic carbocycles. The van der Waals surface area contributed by atoms with Crippen molar-refractivity contribution < 1.29 is 19.4 Å². The summed E-state index contributed by atoms with van der Waals surface area (Å²) in [6, 6.07) is 7.54. The lowest BCUT2D eigenvalue weighted by molar-refractivity contribution is -0.278. The minimum absolute atomic E-state index is 0.146. The minimum atomic E-state index is -1.08. The first kappa shape index (κ1) is 19.8. The first-order chi connectivity index (χ1) is 11.5. The van der Waals surface area contributed by atoms with Crippen molar-refractivity contribution in [2.24, 2.45) is 0 Å². The summed E-state index contributed by atoms with van der Waals surface area (Å²) in [5.41, 5.74) is -0.937. The van der Waals surface area contributed by atoms with E-state index in [0.29, 0.717) is 0 Å². The van der Waals surface area contributed by atoms with Crippen LogP contribution in [-0.2, 0) is 9.47 Å². The van der Waals surface area contributed by atoms with Crippen LogP contribution in [0.25, 0.3) is 0 Å². The molecule has 1 heterocycles. The van der Waals surface area contributed by atoms with E-state index in [1.165, 1.54) is 4.90 Å². The van der Waals surface area contributed by atoms with Gasteiger partial charge in [0.25, 0.3) is 0 Å². The average molecular weight is 410 g/mol. The van der Waals surface area contributed by atoms with E-state index in [0.717, 1.165) is 10.0 Å². The van der Waals surface area contributed by atoms with Gasteiger partial charge in [0.2, 0.25) is 0 Å². The van der Waals surface area contributed by atoms with Crippen LogP contribution in [0.4, 0.5) is 4.79 Å². The zero-order chi connectivity index (χ0) is 18.9. The number of carboxylic acid groups (broad SMARTS) is 1. The molecule has 0 aromatic heterocycles.